The maximum Gasteiger partial charge on any atom is 0.224 e. The second kappa shape index (κ2) is 8.81. The number of furan rings is 1. The number of hydrogen-bond donors (Lipinski definition) is 3. The Kier molecular flexibility index (Phi) is 5.33. The first-order valence-corrected chi connectivity index (χ1v) is 11.8. The molecule has 5 aromatic heterocycles. The van der Waals surface area contributed by atoms with Gasteiger partial charge in [-0.05, 0) is 47.9 Å². The lowest BCUT2D eigenvalue weighted by atomic mass is 10.0. The maximum absolute atomic E-state index is 12.2. The number of carbonyl (C=O) groups excluding carboxylic acids is 1. The van der Waals surface area contributed by atoms with Gasteiger partial charge in [-0.2, -0.15) is 5.10 Å². The predicted molar refractivity (Wildman–Crippen MR) is 140 cm³/mol. The molecule has 0 saturated carbocycles. The molecule has 0 atom stereocenters. The minimum absolute atomic E-state index is 0.0296. The summed E-state index contributed by atoms with van der Waals surface area (Å²) in [6.45, 7) is 4.03. The van der Waals surface area contributed by atoms with E-state index in [0.29, 0.717) is 12.1 Å². The van der Waals surface area contributed by atoms with Gasteiger partial charge in [0.05, 0.1) is 41.3 Å². The minimum Gasteiger partial charge on any atom is -0.472 e. The van der Waals surface area contributed by atoms with Gasteiger partial charge >= 0.3 is 0 Å². The molecule has 8 nitrogen and oxygen atoms in total. The Morgan fingerprint density at radius 3 is 2.81 bits per heavy atom. The van der Waals surface area contributed by atoms with E-state index < -0.39 is 0 Å². The smallest absolute Gasteiger partial charge is 0.224 e. The zero-order valence-electron chi connectivity index (χ0n) is 19.9. The maximum atomic E-state index is 12.2. The molecule has 0 radical (unpaired) electrons. The Labute approximate surface area is 206 Å². The molecule has 0 spiro atoms. The van der Waals surface area contributed by atoms with Gasteiger partial charge in [0.2, 0.25) is 5.91 Å². The molecule has 178 valence electrons. The van der Waals surface area contributed by atoms with Crippen molar-refractivity contribution in [2.45, 2.75) is 20.3 Å². The Balaban J connectivity index is 1.38. The Morgan fingerprint density at radius 1 is 1.06 bits per heavy atom. The summed E-state index contributed by atoms with van der Waals surface area (Å²) < 4.78 is 5.29. The molecule has 5 heterocycles. The SMILES string of the molecule is CC(C)CC(=O)Nc1cncc(-c2ccc3[nH]nc(-c4cc5c(-c6ccoc6)cccc5[nH]4)c3n2)c1. The lowest BCUT2D eigenvalue weighted by molar-refractivity contribution is -0.116. The van der Waals surface area contributed by atoms with Crippen LogP contribution in [0.25, 0.3) is 55.7 Å². The van der Waals surface area contributed by atoms with Crippen molar-refractivity contribution in [1.82, 2.24) is 25.1 Å². The van der Waals surface area contributed by atoms with Gasteiger partial charge in [0, 0.05) is 34.6 Å². The second-order valence-electron chi connectivity index (χ2n) is 9.24. The molecule has 0 aliphatic carbocycles. The lowest BCUT2D eigenvalue weighted by Gasteiger charge is -2.08. The van der Waals surface area contributed by atoms with Gasteiger partial charge in [-0.1, -0.05) is 26.0 Å². The van der Waals surface area contributed by atoms with Gasteiger partial charge < -0.3 is 14.7 Å². The number of aromatic amines is 2. The van der Waals surface area contributed by atoms with Gasteiger partial charge in [0.15, 0.2) is 0 Å². The van der Waals surface area contributed by atoms with E-state index in [1.54, 1.807) is 24.9 Å². The van der Waals surface area contributed by atoms with Crippen LogP contribution >= 0.6 is 0 Å². The average molecular weight is 477 g/mol. The number of hydrogen-bond acceptors (Lipinski definition) is 5. The van der Waals surface area contributed by atoms with Crippen molar-refractivity contribution in [2.24, 2.45) is 5.92 Å². The summed E-state index contributed by atoms with van der Waals surface area (Å²) in [5, 5.41) is 11.7. The van der Waals surface area contributed by atoms with Gasteiger partial charge in [0.25, 0.3) is 0 Å². The molecule has 0 bridgehead atoms. The highest BCUT2D eigenvalue weighted by molar-refractivity contribution is 6.00. The highest BCUT2D eigenvalue weighted by atomic mass is 16.3. The average Bonchev–Trinajstić information content (AvgIpc) is 3.62. The number of aromatic nitrogens is 5. The number of nitrogens with zero attached hydrogens (tertiary/aromatic N) is 3. The summed E-state index contributed by atoms with van der Waals surface area (Å²) >= 11 is 0. The molecule has 0 saturated heterocycles. The number of pyridine rings is 2. The van der Waals surface area contributed by atoms with Crippen LogP contribution in [0.3, 0.4) is 0 Å². The number of rotatable bonds is 6. The molecule has 3 N–H and O–H groups in total. The van der Waals surface area contributed by atoms with E-state index in [1.807, 2.05) is 50.2 Å². The Bertz CT molecular complexity index is 1690. The van der Waals surface area contributed by atoms with Crippen molar-refractivity contribution in [3.8, 4) is 33.8 Å². The molecule has 0 fully saturated rings. The van der Waals surface area contributed by atoms with Crippen LogP contribution in [0.2, 0.25) is 0 Å². The first kappa shape index (κ1) is 21.8. The number of anilines is 1. The second-order valence-corrected chi connectivity index (χ2v) is 9.24. The Hall–Kier alpha value is -4.72. The van der Waals surface area contributed by atoms with Crippen LogP contribution in [0.1, 0.15) is 20.3 Å². The first-order valence-electron chi connectivity index (χ1n) is 11.8. The normalized spacial score (nSPS) is 11.5. The third kappa shape index (κ3) is 4.02. The van der Waals surface area contributed by atoms with Crippen LogP contribution < -0.4 is 5.32 Å². The molecular formula is C28H24N6O2. The molecule has 0 aliphatic heterocycles. The van der Waals surface area contributed by atoms with Crippen molar-refractivity contribution < 1.29 is 9.21 Å². The van der Waals surface area contributed by atoms with Gasteiger partial charge in [0.1, 0.15) is 11.2 Å². The highest BCUT2D eigenvalue weighted by Gasteiger charge is 2.16. The van der Waals surface area contributed by atoms with Crippen molar-refractivity contribution in [3.05, 3.63) is 73.5 Å². The summed E-state index contributed by atoms with van der Waals surface area (Å²) in [6, 6.07) is 15.9. The quantitative estimate of drug-likeness (QED) is 0.257. The number of carbonyl (C=O) groups is 1. The topological polar surface area (TPSA) is 112 Å². The zero-order chi connectivity index (χ0) is 24.6. The van der Waals surface area contributed by atoms with E-state index >= 15 is 0 Å². The van der Waals surface area contributed by atoms with Crippen LogP contribution in [0.5, 0.6) is 0 Å². The van der Waals surface area contributed by atoms with Crippen LogP contribution in [0, 0.1) is 5.92 Å². The number of fused-ring (bicyclic) bond motifs is 2. The molecular weight excluding hydrogens is 452 g/mol. The summed E-state index contributed by atoms with van der Waals surface area (Å²) in [6.07, 6.45) is 7.26. The van der Waals surface area contributed by atoms with E-state index in [4.69, 9.17) is 9.40 Å². The summed E-state index contributed by atoms with van der Waals surface area (Å²) in [4.78, 5) is 24.9. The molecule has 1 amide bonds. The van der Waals surface area contributed by atoms with Crippen LogP contribution in [-0.4, -0.2) is 31.1 Å². The predicted octanol–water partition coefficient (Wildman–Crippen LogP) is 6.41. The van der Waals surface area contributed by atoms with Crippen molar-refractivity contribution in [3.63, 3.8) is 0 Å². The fraction of sp³-hybridized carbons (Fsp3) is 0.143. The van der Waals surface area contributed by atoms with Crippen LogP contribution in [0.15, 0.2) is 77.9 Å². The van der Waals surface area contributed by atoms with Gasteiger partial charge in [-0.3, -0.25) is 14.9 Å². The van der Waals surface area contributed by atoms with Gasteiger partial charge in [-0.25, -0.2) is 4.98 Å². The molecule has 6 rings (SSSR count). The largest absolute Gasteiger partial charge is 0.472 e. The van der Waals surface area contributed by atoms with Crippen molar-refractivity contribution >= 4 is 33.5 Å². The van der Waals surface area contributed by atoms with E-state index in [-0.39, 0.29) is 11.8 Å². The third-order valence-electron chi connectivity index (χ3n) is 6.07. The minimum atomic E-state index is -0.0296. The molecule has 0 aliphatic rings. The highest BCUT2D eigenvalue weighted by Crippen LogP contribution is 2.34. The fourth-order valence-electron chi connectivity index (χ4n) is 4.43. The first-order chi connectivity index (χ1) is 17.5. The fourth-order valence-corrected chi connectivity index (χ4v) is 4.43. The third-order valence-corrected chi connectivity index (χ3v) is 6.07. The monoisotopic (exact) mass is 476 g/mol. The zero-order valence-corrected chi connectivity index (χ0v) is 19.9. The van der Waals surface area contributed by atoms with E-state index in [2.05, 4.69) is 37.6 Å². The van der Waals surface area contributed by atoms with Crippen molar-refractivity contribution in [1.29, 1.82) is 0 Å². The summed E-state index contributed by atoms with van der Waals surface area (Å²) in [5.74, 6) is 0.253. The van der Waals surface area contributed by atoms with E-state index in [0.717, 1.165) is 55.7 Å². The molecule has 36 heavy (non-hydrogen) atoms. The number of H-pyrrole nitrogens is 2. The van der Waals surface area contributed by atoms with E-state index in [9.17, 15) is 4.79 Å². The number of amides is 1. The summed E-state index contributed by atoms with van der Waals surface area (Å²) in [5.41, 5.74) is 8.49. The number of benzene rings is 1. The lowest BCUT2D eigenvalue weighted by Crippen LogP contribution is -2.13. The Morgan fingerprint density at radius 2 is 1.97 bits per heavy atom. The number of nitrogens with one attached hydrogen (secondary N) is 3. The van der Waals surface area contributed by atoms with Crippen LogP contribution in [0.4, 0.5) is 5.69 Å². The summed E-state index contributed by atoms with van der Waals surface area (Å²) in [7, 11) is 0. The molecule has 6 aromatic rings. The van der Waals surface area contributed by atoms with Crippen molar-refractivity contribution in [2.75, 3.05) is 5.32 Å². The molecule has 0 unspecified atom stereocenters. The molecule has 1 aromatic carbocycles. The van der Waals surface area contributed by atoms with Crippen LogP contribution in [-0.2, 0) is 4.79 Å². The molecule has 8 heteroatoms. The standard InChI is InChI=1S/C28H24N6O2/c1-16(2)10-26(35)30-19-11-18(13-29-14-19)22-6-7-24-27(32-22)28(34-33-24)25-12-21-20(17-8-9-36-15-17)4-3-5-23(21)31-25/h3-9,11-16,31H,10H2,1-2H3,(H,30,35)(H,33,34). The van der Waals surface area contributed by atoms with E-state index in [1.165, 1.54) is 0 Å². The van der Waals surface area contributed by atoms with Gasteiger partial charge in [-0.15, -0.1) is 0 Å².